The molecule has 1 aromatic rings. The first kappa shape index (κ1) is 23.2. The van der Waals surface area contributed by atoms with Crippen LogP contribution in [0.15, 0.2) is 18.2 Å². The van der Waals surface area contributed by atoms with E-state index in [2.05, 4.69) is 5.32 Å². The number of hydrogen-bond donors (Lipinski definition) is 1. The molecule has 0 aliphatic heterocycles. The fraction of sp³-hybridized carbons (Fsp3) is 0.588. The molecule has 154 valence electrons. The highest BCUT2D eigenvalue weighted by atomic mass is 32.2. The van der Waals surface area contributed by atoms with Gasteiger partial charge in [0.1, 0.15) is 0 Å². The van der Waals surface area contributed by atoms with Crippen molar-refractivity contribution in [3.8, 4) is 11.5 Å². The topological polar surface area (TPSA) is 103 Å². The van der Waals surface area contributed by atoms with Crippen LogP contribution in [0.1, 0.15) is 10.4 Å². The van der Waals surface area contributed by atoms with Crippen molar-refractivity contribution in [2.75, 3.05) is 67.0 Å². The molecule has 1 amide bonds. The Morgan fingerprint density at radius 2 is 1.59 bits per heavy atom. The molecule has 1 aromatic carbocycles. The average molecular weight is 404 g/mol. The largest absolute Gasteiger partial charge is 0.493 e. The molecule has 0 aliphatic rings. The minimum atomic E-state index is -3.55. The summed E-state index contributed by atoms with van der Waals surface area (Å²) in [6, 6.07) is 4.72. The van der Waals surface area contributed by atoms with Gasteiger partial charge in [0.25, 0.3) is 5.91 Å². The van der Waals surface area contributed by atoms with Crippen molar-refractivity contribution in [3.05, 3.63) is 23.8 Å². The Hall–Kier alpha value is -1.88. The second-order valence-electron chi connectivity index (χ2n) is 5.53. The number of carbonyl (C=O) groups is 1. The summed E-state index contributed by atoms with van der Waals surface area (Å²) >= 11 is 0. The monoisotopic (exact) mass is 404 g/mol. The number of methoxy groups -OCH3 is 4. The Bertz CT molecular complexity index is 687. The first-order valence-electron chi connectivity index (χ1n) is 8.35. The zero-order valence-corrected chi connectivity index (χ0v) is 17.0. The van der Waals surface area contributed by atoms with Gasteiger partial charge in [-0.15, -0.1) is 0 Å². The van der Waals surface area contributed by atoms with Gasteiger partial charge in [-0.3, -0.25) is 4.79 Å². The Morgan fingerprint density at radius 3 is 2.11 bits per heavy atom. The number of ether oxygens (including phenoxy) is 4. The lowest BCUT2D eigenvalue weighted by molar-refractivity contribution is 0.0955. The number of sulfonamides is 1. The molecule has 0 spiro atoms. The summed E-state index contributed by atoms with van der Waals surface area (Å²) in [6.07, 6.45) is 0. The van der Waals surface area contributed by atoms with Gasteiger partial charge >= 0.3 is 0 Å². The van der Waals surface area contributed by atoms with E-state index in [0.717, 1.165) is 0 Å². The molecule has 0 atom stereocenters. The molecule has 10 heteroatoms. The van der Waals surface area contributed by atoms with Crippen LogP contribution in [0.2, 0.25) is 0 Å². The van der Waals surface area contributed by atoms with Crippen molar-refractivity contribution in [2.45, 2.75) is 0 Å². The Morgan fingerprint density at radius 1 is 1.00 bits per heavy atom. The van der Waals surface area contributed by atoms with Gasteiger partial charge in [0.05, 0.1) is 33.2 Å². The highest BCUT2D eigenvalue weighted by molar-refractivity contribution is 7.89. The van der Waals surface area contributed by atoms with Gasteiger partial charge in [0.15, 0.2) is 11.5 Å². The number of rotatable bonds is 13. The number of carbonyl (C=O) groups excluding carboxylic acids is 1. The van der Waals surface area contributed by atoms with Gasteiger partial charge in [-0.1, -0.05) is 0 Å². The lowest BCUT2D eigenvalue weighted by Gasteiger charge is -2.21. The molecule has 0 aliphatic carbocycles. The zero-order valence-electron chi connectivity index (χ0n) is 16.2. The summed E-state index contributed by atoms with van der Waals surface area (Å²) in [6.45, 7) is 0.992. The molecule has 1 N–H and O–H groups in total. The van der Waals surface area contributed by atoms with E-state index in [1.54, 1.807) is 12.1 Å². The fourth-order valence-electron chi connectivity index (χ4n) is 2.28. The maximum absolute atomic E-state index is 12.5. The standard InChI is InChI=1S/C17H28N2O7S/c1-23-10-8-19(9-11-24-2)27(21,22)12-7-18-17(20)14-5-6-15(25-3)16(13-14)26-4/h5-6,13H,7-12H2,1-4H3,(H,18,20). The minimum absolute atomic E-state index is 0.0218. The van der Waals surface area contributed by atoms with E-state index in [1.807, 2.05) is 0 Å². The Balaban J connectivity index is 2.67. The number of hydrogen-bond acceptors (Lipinski definition) is 7. The molecular formula is C17H28N2O7S. The Labute approximate surface area is 160 Å². The molecule has 0 heterocycles. The van der Waals surface area contributed by atoms with Crippen molar-refractivity contribution in [2.24, 2.45) is 0 Å². The van der Waals surface area contributed by atoms with Gasteiger partial charge in [0, 0.05) is 39.4 Å². The van der Waals surface area contributed by atoms with Crippen LogP contribution < -0.4 is 14.8 Å². The maximum atomic E-state index is 12.5. The molecule has 0 fully saturated rings. The van der Waals surface area contributed by atoms with E-state index >= 15 is 0 Å². The highest BCUT2D eigenvalue weighted by Crippen LogP contribution is 2.27. The predicted octanol–water partition coefficient (Wildman–Crippen LogP) is 0.358. The summed E-state index contributed by atoms with van der Waals surface area (Å²) in [5.41, 5.74) is 0.348. The highest BCUT2D eigenvalue weighted by Gasteiger charge is 2.21. The molecule has 0 radical (unpaired) electrons. The molecule has 0 aromatic heterocycles. The summed E-state index contributed by atoms with van der Waals surface area (Å²) < 4.78 is 46.4. The first-order valence-corrected chi connectivity index (χ1v) is 9.96. The van der Waals surface area contributed by atoms with Crippen molar-refractivity contribution >= 4 is 15.9 Å². The smallest absolute Gasteiger partial charge is 0.251 e. The quantitative estimate of drug-likeness (QED) is 0.506. The molecule has 0 saturated carbocycles. The van der Waals surface area contributed by atoms with Crippen LogP contribution in [0.25, 0.3) is 0 Å². The molecule has 1 rings (SSSR count). The third-order valence-electron chi connectivity index (χ3n) is 3.77. The van der Waals surface area contributed by atoms with Gasteiger partial charge in [0.2, 0.25) is 10.0 Å². The molecule has 9 nitrogen and oxygen atoms in total. The maximum Gasteiger partial charge on any atom is 0.251 e. The van der Waals surface area contributed by atoms with Crippen molar-refractivity contribution < 1.29 is 32.2 Å². The zero-order chi connectivity index (χ0) is 20.3. The molecule has 0 unspecified atom stereocenters. The van der Waals surface area contributed by atoms with E-state index in [9.17, 15) is 13.2 Å². The summed E-state index contributed by atoms with van der Waals surface area (Å²) in [4.78, 5) is 12.3. The van der Waals surface area contributed by atoms with Crippen molar-refractivity contribution in [3.63, 3.8) is 0 Å². The number of amides is 1. The normalized spacial score (nSPS) is 11.4. The lowest BCUT2D eigenvalue weighted by atomic mass is 10.2. The van der Waals surface area contributed by atoms with Crippen LogP contribution in [0.4, 0.5) is 0 Å². The molecule has 27 heavy (non-hydrogen) atoms. The van der Waals surface area contributed by atoms with Crippen LogP contribution in [-0.4, -0.2) is 85.7 Å². The van der Waals surface area contributed by atoms with Crippen LogP contribution in [0.5, 0.6) is 11.5 Å². The molecular weight excluding hydrogens is 376 g/mol. The number of benzene rings is 1. The predicted molar refractivity (Wildman–Crippen MR) is 101 cm³/mol. The van der Waals surface area contributed by atoms with Gasteiger partial charge in [-0.25, -0.2) is 8.42 Å². The van der Waals surface area contributed by atoms with Gasteiger partial charge in [-0.05, 0) is 18.2 Å². The van der Waals surface area contributed by atoms with E-state index in [-0.39, 0.29) is 38.6 Å². The van der Waals surface area contributed by atoms with E-state index < -0.39 is 15.9 Å². The van der Waals surface area contributed by atoms with E-state index in [1.165, 1.54) is 38.8 Å². The fourth-order valence-corrected chi connectivity index (χ4v) is 3.60. The van der Waals surface area contributed by atoms with Gasteiger partial charge < -0.3 is 24.3 Å². The van der Waals surface area contributed by atoms with Crippen molar-refractivity contribution in [1.29, 1.82) is 0 Å². The van der Waals surface area contributed by atoms with Crippen molar-refractivity contribution in [1.82, 2.24) is 9.62 Å². The second kappa shape index (κ2) is 11.8. The van der Waals surface area contributed by atoms with Crippen LogP contribution >= 0.6 is 0 Å². The SMILES string of the molecule is COCCN(CCOC)S(=O)(=O)CCNC(=O)c1ccc(OC)c(OC)c1. The lowest BCUT2D eigenvalue weighted by Crippen LogP contribution is -2.41. The summed E-state index contributed by atoms with van der Waals surface area (Å²) in [5, 5.41) is 2.61. The number of nitrogens with zero attached hydrogens (tertiary/aromatic N) is 1. The first-order chi connectivity index (χ1) is 12.9. The average Bonchev–Trinajstić information content (AvgIpc) is 2.66. The van der Waals surface area contributed by atoms with Gasteiger partial charge in [-0.2, -0.15) is 4.31 Å². The molecule has 0 saturated heterocycles. The van der Waals surface area contributed by atoms with Crippen LogP contribution in [0, 0.1) is 0 Å². The third-order valence-corrected chi connectivity index (χ3v) is 5.65. The minimum Gasteiger partial charge on any atom is -0.493 e. The van der Waals surface area contributed by atoms with E-state index in [4.69, 9.17) is 18.9 Å². The Kier molecular flexibility index (Phi) is 10.1. The van der Waals surface area contributed by atoms with E-state index in [0.29, 0.717) is 17.1 Å². The summed E-state index contributed by atoms with van der Waals surface area (Å²) in [5.74, 6) is 0.303. The third kappa shape index (κ3) is 7.33. The summed E-state index contributed by atoms with van der Waals surface area (Å²) in [7, 11) is 2.43. The molecule has 0 bridgehead atoms. The van der Waals surface area contributed by atoms with Crippen LogP contribution in [0.3, 0.4) is 0 Å². The second-order valence-corrected chi connectivity index (χ2v) is 7.61. The van der Waals surface area contributed by atoms with Crippen LogP contribution in [-0.2, 0) is 19.5 Å². The number of nitrogens with one attached hydrogen (secondary N) is 1.